The third-order valence-electron chi connectivity index (χ3n) is 1.77. The Kier molecular flexibility index (Phi) is 4.95. The standard InChI is InChI=1S/C13H12O3/c14-10-13(16)5-3-1-2-4-11-6-8-12(15)9-7-11/h6-9,13-16H,5,10H2/t13-/m1/s1. The minimum atomic E-state index is -0.803. The third kappa shape index (κ3) is 4.52. The van der Waals surface area contributed by atoms with Crippen molar-refractivity contribution in [3.05, 3.63) is 29.8 Å². The Hall–Kier alpha value is -1.94. The molecule has 0 heterocycles. The van der Waals surface area contributed by atoms with Crippen LogP contribution in [0.3, 0.4) is 0 Å². The van der Waals surface area contributed by atoms with E-state index in [0.29, 0.717) is 0 Å². The average Bonchev–Trinajstić information content (AvgIpc) is 2.31. The minimum Gasteiger partial charge on any atom is -0.508 e. The maximum Gasteiger partial charge on any atom is 0.115 e. The van der Waals surface area contributed by atoms with E-state index in [1.807, 2.05) is 0 Å². The summed E-state index contributed by atoms with van der Waals surface area (Å²) in [6, 6.07) is 6.47. The molecule has 0 radical (unpaired) electrons. The molecule has 1 aromatic carbocycles. The first-order valence-electron chi connectivity index (χ1n) is 4.79. The first kappa shape index (κ1) is 12.1. The van der Waals surface area contributed by atoms with Crippen molar-refractivity contribution >= 4 is 0 Å². The summed E-state index contributed by atoms with van der Waals surface area (Å²) >= 11 is 0. The lowest BCUT2D eigenvalue weighted by Crippen LogP contribution is -2.09. The molecule has 0 saturated carbocycles. The van der Waals surface area contributed by atoms with Crippen LogP contribution >= 0.6 is 0 Å². The van der Waals surface area contributed by atoms with Crippen LogP contribution in [0.5, 0.6) is 5.75 Å². The molecule has 1 aromatic rings. The van der Waals surface area contributed by atoms with Crippen molar-refractivity contribution in [2.75, 3.05) is 6.61 Å². The number of phenols is 1. The Labute approximate surface area is 94.4 Å². The molecule has 82 valence electrons. The van der Waals surface area contributed by atoms with Gasteiger partial charge >= 0.3 is 0 Å². The summed E-state index contributed by atoms with van der Waals surface area (Å²) in [4.78, 5) is 0. The van der Waals surface area contributed by atoms with Crippen LogP contribution in [0.1, 0.15) is 12.0 Å². The smallest absolute Gasteiger partial charge is 0.115 e. The fourth-order valence-electron chi connectivity index (χ4n) is 0.926. The summed E-state index contributed by atoms with van der Waals surface area (Å²) in [6.45, 7) is -0.292. The van der Waals surface area contributed by atoms with Gasteiger partial charge in [-0.25, -0.2) is 0 Å². The largest absolute Gasteiger partial charge is 0.508 e. The molecule has 0 aliphatic rings. The zero-order valence-electron chi connectivity index (χ0n) is 8.64. The van der Waals surface area contributed by atoms with Crippen LogP contribution in [0.2, 0.25) is 0 Å². The van der Waals surface area contributed by atoms with Gasteiger partial charge in [0, 0.05) is 12.0 Å². The summed E-state index contributed by atoms with van der Waals surface area (Å²) in [6.07, 6.45) is -0.594. The normalized spacial score (nSPS) is 10.6. The summed E-state index contributed by atoms with van der Waals surface area (Å²) < 4.78 is 0. The lowest BCUT2D eigenvalue weighted by Gasteiger charge is -1.97. The number of aliphatic hydroxyl groups excluding tert-OH is 2. The maximum atomic E-state index is 9.03. The van der Waals surface area contributed by atoms with Gasteiger partial charge in [0.2, 0.25) is 0 Å². The molecule has 0 unspecified atom stereocenters. The van der Waals surface area contributed by atoms with Crippen LogP contribution in [-0.4, -0.2) is 28.0 Å². The Morgan fingerprint density at radius 2 is 1.81 bits per heavy atom. The number of aliphatic hydroxyl groups is 2. The Morgan fingerprint density at radius 1 is 1.12 bits per heavy atom. The van der Waals surface area contributed by atoms with Gasteiger partial charge in [0.15, 0.2) is 0 Å². The van der Waals surface area contributed by atoms with Gasteiger partial charge in [0.1, 0.15) is 5.75 Å². The van der Waals surface area contributed by atoms with E-state index < -0.39 is 6.10 Å². The van der Waals surface area contributed by atoms with E-state index in [9.17, 15) is 0 Å². The van der Waals surface area contributed by atoms with E-state index in [4.69, 9.17) is 15.3 Å². The van der Waals surface area contributed by atoms with Crippen LogP contribution in [0.15, 0.2) is 24.3 Å². The van der Waals surface area contributed by atoms with Crippen molar-refractivity contribution in [2.24, 2.45) is 0 Å². The molecular formula is C13H12O3. The zero-order chi connectivity index (χ0) is 11.8. The molecule has 16 heavy (non-hydrogen) atoms. The summed E-state index contributed by atoms with van der Waals surface area (Å²) in [5.41, 5.74) is 0.759. The van der Waals surface area contributed by atoms with E-state index in [2.05, 4.69) is 23.7 Å². The van der Waals surface area contributed by atoms with Gasteiger partial charge in [0.25, 0.3) is 0 Å². The van der Waals surface area contributed by atoms with Crippen molar-refractivity contribution in [2.45, 2.75) is 12.5 Å². The molecule has 3 N–H and O–H groups in total. The molecule has 0 aromatic heterocycles. The van der Waals surface area contributed by atoms with Gasteiger partial charge in [-0.1, -0.05) is 11.8 Å². The van der Waals surface area contributed by atoms with E-state index in [1.54, 1.807) is 24.3 Å². The molecule has 0 saturated heterocycles. The SMILES string of the molecule is OC[C@H](O)CC#CC#Cc1ccc(O)cc1. The van der Waals surface area contributed by atoms with Crippen LogP contribution in [0, 0.1) is 23.7 Å². The first-order chi connectivity index (χ1) is 7.72. The molecule has 3 nitrogen and oxygen atoms in total. The lowest BCUT2D eigenvalue weighted by molar-refractivity contribution is 0.0992. The topological polar surface area (TPSA) is 60.7 Å². The van der Waals surface area contributed by atoms with Gasteiger partial charge in [-0.15, -0.1) is 0 Å². The highest BCUT2D eigenvalue weighted by Gasteiger charge is 1.95. The van der Waals surface area contributed by atoms with Gasteiger partial charge in [-0.05, 0) is 36.1 Å². The average molecular weight is 216 g/mol. The van der Waals surface area contributed by atoms with Crippen molar-refractivity contribution in [1.82, 2.24) is 0 Å². The van der Waals surface area contributed by atoms with Crippen molar-refractivity contribution in [1.29, 1.82) is 0 Å². The highest BCUT2D eigenvalue weighted by Crippen LogP contribution is 2.07. The highest BCUT2D eigenvalue weighted by molar-refractivity contribution is 5.41. The Morgan fingerprint density at radius 3 is 2.44 bits per heavy atom. The molecule has 0 amide bonds. The van der Waals surface area contributed by atoms with Gasteiger partial charge in [-0.3, -0.25) is 0 Å². The fraction of sp³-hybridized carbons (Fsp3) is 0.231. The molecule has 1 atom stereocenters. The molecule has 3 heteroatoms. The van der Waals surface area contributed by atoms with Crippen LogP contribution in [0.25, 0.3) is 0 Å². The molecule has 0 bridgehead atoms. The van der Waals surface area contributed by atoms with Crippen molar-refractivity contribution in [3.63, 3.8) is 0 Å². The maximum absolute atomic E-state index is 9.03. The quantitative estimate of drug-likeness (QED) is 0.630. The van der Waals surface area contributed by atoms with Crippen LogP contribution in [0.4, 0.5) is 0 Å². The number of phenolic OH excluding ortho intramolecular Hbond substituents is 1. The second-order valence-corrected chi connectivity index (χ2v) is 3.14. The van der Waals surface area contributed by atoms with Crippen LogP contribution < -0.4 is 0 Å². The van der Waals surface area contributed by atoms with Gasteiger partial charge < -0.3 is 15.3 Å². The van der Waals surface area contributed by atoms with E-state index in [-0.39, 0.29) is 18.8 Å². The minimum absolute atomic E-state index is 0.197. The van der Waals surface area contributed by atoms with E-state index in [0.717, 1.165) is 5.56 Å². The summed E-state index contributed by atoms with van der Waals surface area (Å²) in [5, 5.41) is 26.5. The predicted molar refractivity (Wildman–Crippen MR) is 60.5 cm³/mol. The van der Waals surface area contributed by atoms with Gasteiger partial charge in [0.05, 0.1) is 12.7 Å². The lowest BCUT2D eigenvalue weighted by atomic mass is 10.2. The third-order valence-corrected chi connectivity index (χ3v) is 1.77. The Bertz CT molecular complexity index is 440. The number of hydrogen-bond acceptors (Lipinski definition) is 3. The monoisotopic (exact) mass is 216 g/mol. The Balaban J connectivity index is 2.52. The fourth-order valence-corrected chi connectivity index (χ4v) is 0.926. The molecule has 0 spiro atoms. The highest BCUT2D eigenvalue weighted by atomic mass is 16.3. The molecule has 0 aliphatic carbocycles. The van der Waals surface area contributed by atoms with Crippen LogP contribution in [-0.2, 0) is 0 Å². The van der Waals surface area contributed by atoms with Gasteiger partial charge in [-0.2, -0.15) is 0 Å². The zero-order valence-corrected chi connectivity index (χ0v) is 8.64. The predicted octanol–water partition coefficient (Wildman–Crippen LogP) is 0.490. The molecule has 0 aliphatic heterocycles. The number of hydrogen-bond donors (Lipinski definition) is 3. The number of benzene rings is 1. The van der Waals surface area contributed by atoms with E-state index >= 15 is 0 Å². The second-order valence-electron chi connectivity index (χ2n) is 3.14. The number of aromatic hydroxyl groups is 1. The number of rotatable bonds is 2. The second kappa shape index (κ2) is 6.53. The summed E-state index contributed by atoms with van der Waals surface area (Å²) in [7, 11) is 0. The summed E-state index contributed by atoms with van der Waals surface area (Å²) in [5.74, 6) is 10.8. The van der Waals surface area contributed by atoms with E-state index in [1.165, 1.54) is 0 Å². The molecular weight excluding hydrogens is 204 g/mol. The first-order valence-corrected chi connectivity index (χ1v) is 4.79. The molecule has 1 rings (SSSR count). The van der Waals surface area contributed by atoms with Crippen molar-refractivity contribution < 1.29 is 15.3 Å². The van der Waals surface area contributed by atoms with Crippen molar-refractivity contribution in [3.8, 4) is 29.4 Å². The molecule has 0 fully saturated rings.